The third-order valence-corrected chi connectivity index (χ3v) is 4.87. The SMILES string of the molecule is CC1=CCC(C[I-]ON)C=C1I. The first-order chi connectivity index (χ1) is 5.74. The van der Waals surface area contributed by atoms with Gasteiger partial charge in [-0.3, -0.25) is 0 Å². The van der Waals surface area contributed by atoms with E-state index in [9.17, 15) is 0 Å². The Morgan fingerprint density at radius 3 is 3.17 bits per heavy atom. The van der Waals surface area contributed by atoms with Gasteiger partial charge in [0.05, 0.1) is 0 Å². The maximum absolute atomic E-state index is 5.02. The monoisotopic (exact) mass is 392 g/mol. The molecule has 0 bridgehead atoms. The zero-order valence-corrected chi connectivity index (χ0v) is 11.2. The molecule has 1 rings (SSSR count). The van der Waals surface area contributed by atoms with Crippen LogP contribution in [-0.4, -0.2) is 4.43 Å². The molecule has 0 aliphatic heterocycles. The Kier molecular flexibility index (Phi) is 5.07. The molecule has 4 heteroatoms. The van der Waals surface area contributed by atoms with Crippen LogP contribution in [-0.2, 0) is 3.17 Å². The molecule has 0 radical (unpaired) electrons. The van der Waals surface area contributed by atoms with Crippen molar-refractivity contribution in [2.75, 3.05) is 4.43 Å². The molecule has 2 N–H and O–H groups in total. The molecule has 0 fully saturated rings. The minimum atomic E-state index is -0.231. The maximum atomic E-state index is 5.02. The van der Waals surface area contributed by atoms with Gasteiger partial charge in [0.2, 0.25) is 0 Å². The van der Waals surface area contributed by atoms with Crippen molar-refractivity contribution in [1.29, 1.82) is 0 Å². The molecule has 12 heavy (non-hydrogen) atoms. The van der Waals surface area contributed by atoms with Gasteiger partial charge < -0.3 is 0 Å². The summed E-state index contributed by atoms with van der Waals surface area (Å²) >= 11 is 2.15. The summed E-state index contributed by atoms with van der Waals surface area (Å²) in [5, 5.41) is 0. The van der Waals surface area contributed by atoms with E-state index in [-0.39, 0.29) is 21.6 Å². The Morgan fingerprint density at radius 1 is 1.83 bits per heavy atom. The summed E-state index contributed by atoms with van der Waals surface area (Å²) in [4.78, 5) is 0. The van der Waals surface area contributed by atoms with Crippen molar-refractivity contribution >= 4 is 22.6 Å². The third kappa shape index (κ3) is 3.31. The van der Waals surface area contributed by atoms with Gasteiger partial charge in [-0.2, -0.15) is 0 Å². The van der Waals surface area contributed by atoms with Crippen LogP contribution in [0.15, 0.2) is 21.3 Å². The Labute approximate surface area is 97.5 Å². The fourth-order valence-electron chi connectivity index (χ4n) is 1.06. The van der Waals surface area contributed by atoms with Crippen molar-refractivity contribution in [2.45, 2.75) is 13.3 Å². The predicted molar refractivity (Wildman–Crippen MR) is 54.1 cm³/mol. The number of halogens is 2. The Bertz CT molecular complexity index is 213. The number of hydrogen-bond acceptors (Lipinski definition) is 2. The van der Waals surface area contributed by atoms with Crippen LogP contribution in [0.1, 0.15) is 13.3 Å². The summed E-state index contributed by atoms with van der Waals surface area (Å²) < 4.78 is 7.17. The Morgan fingerprint density at radius 2 is 2.58 bits per heavy atom. The summed E-state index contributed by atoms with van der Waals surface area (Å²) in [7, 11) is 0. The number of hydrogen-bond donors (Lipinski definition) is 1. The van der Waals surface area contributed by atoms with Crippen LogP contribution >= 0.6 is 22.6 Å². The molecular formula is C8H12I2NO-. The number of allylic oxidation sites excluding steroid dienone is 4. The molecule has 1 aliphatic rings. The average molecular weight is 392 g/mol. The second-order valence-electron chi connectivity index (χ2n) is 2.75. The molecule has 0 aromatic carbocycles. The molecule has 0 amide bonds. The van der Waals surface area contributed by atoms with E-state index < -0.39 is 0 Å². The van der Waals surface area contributed by atoms with Crippen molar-refractivity contribution in [1.82, 2.24) is 0 Å². The molecule has 1 unspecified atom stereocenters. The molecule has 2 nitrogen and oxygen atoms in total. The molecular weight excluding hydrogens is 380 g/mol. The third-order valence-electron chi connectivity index (χ3n) is 1.81. The first kappa shape index (κ1) is 10.9. The number of rotatable bonds is 3. The van der Waals surface area contributed by atoms with Crippen LogP contribution in [0.2, 0.25) is 0 Å². The van der Waals surface area contributed by atoms with Crippen molar-refractivity contribution < 1.29 is 24.8 Å². The summed E-state index contributed by atoms with van der Waals surface area (Å²) in [5.74, 6) is 5.68. The van der Waals surface area contributed by atoms with E-state index in [1.54, 1.807) is 0 Å². The van der Waals surface area contributed by atoms with E-state index in [4.69, 9.17) is 5.90 Å². The summed E-state index contributed by atoms with van der Waals surface area (Å²) in [6, 6.07) is 0. The van der Waals surface area contributed by atoms with Crippen LogP contribution in [0.4, 0.5) is 0 Å². The van der Waals surface area contributed by atoms with E-state index in [0.717, 1.165) is 10.8 Å². The van der Waals surface area contributed by atoms with Crippen LogP contribution < -0.4 is 27.5 Å². The van der Waals surface area contributed by atoms with E-state index in [0.29, 0.717) is 5.92 Å². The number of alkyl halides is 1. The van der Waals surface area contributed by atoms with Gasteiger partial charge >= 0.3 is 98.3 Å². The van der Waals surface area contributed by atoms with E-state index in [1.807, 2.05) is 0 Å². The average Bonchev–Trinajstić information content (AvgIpc) is 2.07. The molecule has 1 atom stereocenters. The second kappa shape index (κ2) is 5.56. The number of nitrogens with two attached hydrogens (primary N) is 1. The zero-order valence-electron chi connectivity index (χ0n) is 6.89. The van der Waals surface area contributed by atoms with Crippen LogP contribution in [0, 0.1) is 5.92 Å². The van der Waals surface area contributed by atoms with E-state index >= 15 is 0 Å². The van der Waals surface area contributed by atoms with Crippen LogP contribution in [0.3, 0.4) is 0 Å². The fraction of sp³-hybridized carbons (Fsp3) is 0.500. The molecule has 0 aromatic heterocycles. The summed E-state index contributed by atoms with van der Waals surface area (Å²) in [6.07, 6.45) is 5.78. The Balaban J connectivity index is 2.42. The quantitative estimate of drug-likeness (QED) is 0.387. The minimum absolute atomic E-state index is 0.231. The molecule has 0 spiro atoms. The van der Waals surface area contributed by atoms with Crippen LogP contribution in [0.25, 0.3) is 0 Å². The first-order valence-electron chi connectivity index (χ1n) is 3.73. The van der Waals surface area contributed by atoms with Gasteiger partial charge in [-0.05, 0) is 0 Å². The van der Waals surface area contributed by atoms with Gasteiger partial charge in [-0.1, -0.05) is 0 Å². The molecule has 0 heterocycles. The molecule has 0 aromatic rings. The Hall–Kier alpha value is 0.860. The van der Waals surface area contributed by atoms with Crippen molar-refractivity contribution in [3.8, 4) is 0 Å². The molecule has 0 saturated carbocycles. The van der Waals surface area contributed by atoms with Gasteiger partial charge in [0.15, 0.2) is 0 Å². The summed E-state index contributed by atoms with van der Waals surface area (Å²) in [6.45, 7) is 2.16. The summed E-state index contributed by atoms with van der Waals surface area (Å²) in [5.41, 5.74) is 1.40. The predicted octanol–water partition coefficient (Wildman–Crippen LogP) is -0.834. The van der Waals surface area contributed by atoms with E-state index in [1.165, 1.54) is 9.15 Å². The second-order valence-corrected chi connectivity index (χ2v) is 5.92. The molecule has 70 valence electrons. The zero-order chi connectivity index (χ0) is 8.97. The molecule has 0 saturated heterocycles. The van der Waals surface area contributed by atoms with Gasteiger partial charge in [-0.25, -0.2) is 0 Å². The van der Waals surface area contributed by atoms with Crippen LogP contribution in [0.5, 0.6) is 0 Å². The fourth-order valence-corrected chi connectivity index (χ4v) is 3.07. The van der Waals surface area contributed by atoms with Gasteiger partial charge in [0.25, 0.3) is 0 Å². The van der Waals surface area contributed by atoms with Crippen molar-refractivity contribution in [3.05, 3.63) is 21.3 Å². The van der Waals surface area contributed by atoms with Crippen molar-refractivity contribution in [3.63, 3.8) is 0 Å². The normalized spacial score (nSPS) is 23.8. The van der Waals surface area contributed by atoms with Crippen molar-refractivity contribution in [2.24, 2.45) is 11.8 Å². The van der Waals surface area contributed by atoms with E-state index in [2.05, 4.69) is 44.8 Å². The van der Waals surface area contributed by atoms with Gasteiger partial charge in [-0.15, -0.1) is 0 Å². The topological polar surface area (TPSA) is 35.2 Å². The standard InChI is InChI=1S/C8H12I2NO/c1-6-2-3-7(4-8(6)9)5-10-12-11/h2,4,7H,3,5,11H2,1H3/q-1. The molecule has 1 aliphatic carbocycles. The van der Waals surface area contributed by atoms with Gasteiger partial charge in [0.1, 0.15) is 0 Å². The first-order valence-corrected chi connectivity index (χ1v) is 7.22. The van der Waals surface area contributed by atoms with Gasteiger partial charge in [0, 0.05) is 0 Å².